The van der Waals surface area contributed by atoms with Crippen molar-refractivity contribution in [2.45, 2.75) is 13.8 Å². The lowest BCUT2D eigenvalue weighted by Gasteiger charge is -1.90. The first-order valence-corrected chi connectivity index (χ1v) is 3.89. The molecule has 0 atom stereocenters. The van der Waals surface area contributed by atoms with Gasteiger partial charge in [0.05, 0.1) is 4.92 Å². The van der Waals surface area contributed by atoms with Crippen LogP contribution in [0, 0.1) is 21.4 Å². The third kappa shape index (κ3) is 2.91. The highest BCUT2D eigenvalue weighted by atomic mass is 16.6. The van der Waals surface area contributed by atoms with Gasteiger partial charge in [0, 0.05) is 6.07 Å². The topological polar surface area (TPSA) is 66.9 Å². The van der Waals surface area contributed by atoms with Crippen molar-refractivity contribution in [2.24, 2.45) is 0 Å². The molecule has 0 saturated heterocycles. The molecule has 0 fully saturated rings. The van der Waals surface area contributed by atoms with Gasteiger partial charge in [-0.2, -0.15) is 5.26 Å². The lowest BCUT2D eigenvalue weighted by molar-refractivity contribution is -0.385. The van der Waals surface area contributed by atoms with E-state index in [0.29, 0.717) is 0 Å². The Hall–Kier alpha value is -1.89. The second kappa shape index (κ2) is 5.72. The van der Waals surface area contributed by atoms with E-state index in [4.69, 9.17) is 5.26 Å². The molecule has 0 aliphatic heterocycles. The average molecular weight is 178 g/mol. The Bertz CT molecular complexity index is 329. The third-order valence-corrected chi connectivity index (χ3v) is 1.22. The summed E-state index contributed by atoms with van der Waals surface area (Å²) in [7, 11) is 0. The van der Waals surface area contributed by atoms with Crippen molar-refractivity contribution in [1.29, 1.82) is 5.26 Å². The van der Waals surface area contributed by atoms with Crippen LogP contribution in [0.15, 0.2) is 24.3 Å². The normalized spacial score (nSPS) is 7.77. The summed E-state index contributed by atoms with van der Waals surface area (Å²) < 4.78 is 0. The van der Waals surface area contributed by atoms with Crippen LogP contribution in [0.1, 0.15) is 19.4 Å². The molecule has 1 aromatic carbocycles. The summed E-state index contributed by atoms with van der Waals surface area (Å²) in [5.41, 5.74) is -0.0486. The van der Waals surface area contributed by atoms with E-state index < -0.39 is 4.92 Å². The molecule has 1 rings (SSSR count). The molecule has 0 aliphatic rings. The highest BCUT2D eigenvalue weighted by Crippen LogP contribution is 2.15. The van der Waals surface area contributed by atoms with Crippen LogP contribution in [0.4, 0.5) is 5.69 Å². The average Bonchev–Trinajstić information content (AvgIpc) is 2.20. The maximum Gasteiger partial charge on any atom is 0.287 e. The van der Waals surface area contributed by atoms with Crippen LogP contribution in [-0.2, 0) is 0 Å². The first-order valence-electron chi connectivity index (χ1n) is 3.89. The van der Waals surface area contributed by atoms with Gasteiger partial charge in [0.25, 0.3) is 5.69 Å². The van der Waals surface area contributed by atoms with Gasteiger partial charge in [-0.15, -0.1) is 0 Å². The van der Waals surface area contributed by atoms with Crippen LogP contribution >= 0.6 is 0 Å². The maximum absolute atomic E-state index is 10.2. The van der Waals surface area contributed by atoms with E-state index in [-0.39, 0.29) is 11.3 Å². The van der Waals surface area contributed by atoms with Crippen LogP contribution < -0.4 is 0 Å². The predicted molar refractivity (Wildman–Crippen MR) is 49.2 cm³/mol. The van der Waals surface area contributed by atoms with Gasteiger partial charge in [0.15, 0.2) is 0 Å². The minimum absolute atomic E-state index is 0.0949. The fourth-order valence-corrected chi connectivity index (χ4v) is 0.727. The van der Waals surface area contributed by atoms with Crippen molar-refractivity contribution in [3.05, 3.63) is 39.9 Å². The Morgan fingerprint density at radius 2 is 1.92 bits per heavy atom. The van der Waals surface area contributed by atoms with Crippen LogP contribution in [0.2, 0.25) is 0 Å². The van der Waals surface area contributed by atoms with Gasteiger partial charge in [-0.3, -0.25) is 10.1 Å². The summed E-state index contributed by atoms with van der Waals surface area (Å²) in [6.45, 7) is 4.00. The number of benzene rings is 1. The van der Waals surface area contributed by atoms with E-state index in [1.807, 2.05) is 13.8 Å². The Kier molecular flexibility index (Phi) is 4.89. The SMILES string of the molecule is CC.N#Cc1ccccc1[N+](=O)[O-]. The van der Waals surface area contributed by atoms with Gasteiger partial charge < -0.3 is 0 Å². The van der Waals surface area contributed by atoms with Gasteiger partial charge >= 0.3 is 0 Å². The molecule has 0 aromatic heterocycles. The molecule has 0 N–H and O–H groups in total. The lowest BCUT2D eigenvalue weighted by atomic mass is 10.2. The van der Waals surface area contributed by atoms with E-state index in [0.717, 1.165) is 0 Å². The molecule has 0 bridgehead atoms. The van der Waals surface area contributed by atoms with Crippen LogP contribution in [-0.4, -0.2) is 4.92 Å². The van der Waals surface area contributed by atoms with E-state index in [2.05, 4.69) is 0 Å². The van der Waals surface area contributed by atoms with E-state index >= 15 is 0 Å². The first kappa shape index (κ1) is 11.1. The molecule has 0 spiro atoms. The van der Waals surface area contributed by atoms with Crippen LogP contribution in [0.5, 0.6) is 0 Å². The van der Waals surface area contributed by atoms with Crippen molar-refractivity contribution in [1.82, 2.24) is 0 Å². The number of nitriles is 1. The number of nitrogens with zero attached hydrogens (tertiary/aromatic N) is 2. The number of hydrogen-bond acceptors (Lipinski definition) is 3. The van der Waals surface area contributed by atoms with E-state index in [9.17, 15) is 10.1 Å². The summed E-state index contributed by atoms with van der Waals surface area (Å²) >= 11 is 0. The molecular weight excluding hydrogens is 168 g/mol. The van der Waals surface area contributed by atoms with Gasteiger partial charge in [0.2, 0.25) is 0 Å². The molecular formula is C9H10N2O2. The molecule has 0 aliphatic carbocycles. The highest BCUT2D eigenvalue weighted by molar-refractivity contribution is 5.47. The molecule has 1 aromatic rings. The zero-order valence-electron chi connectivity index (χ0n) is 7.52. The van der Waals surface area contributed by atoms with Gasteiger partial charge in [0.1, 0.15) is 11.6 Å². The Balaban J connectivity index is 0.000000671. The van der Waals surface area contributed by atoms with E-state index in [1.54, 1.807) is 12.1 Å². The monoisotopic (exact) mass is 178 g/mol. The van der Waals surface area contributed by atoms with Crippen LogP contribution in [0.25, 0.3) is 0 Å². The van der Waals surface area contributed by atoms with Crippen molar-refractivity contribution in [3.63, 3.8) is 0 Å². The van der Waals surface area contributed by atoms with Crippen molar-refractivity contribution >= 4 is 5.69 Å². The lowest BCUT2D eigenvalue weighted by Crippen LogP contribution is -1.90. The standard InChI is InChI=1S/C7H4N2O2.C2H6/c8-5-6-3-1-2-4-7(6)9(10)11;1-2/h1-4H;1-2H3. The van der Waals surface area contributed by atoms with E-state index in [1.165, 1.54) is 18.2 Å². The second-order valence-electron chi connectivity index (χ2n) is 1.89. The zero-order chi connectivity index (χ0) is 10.3. The van der Waals surface area contributed by atoms with Gasteiger partial charge in [-0.25, -0.2) is 0 Å². The minimum atomic E-state index is -0.571. The number of rotatable bonds is 1. The molecule has 13 heavy (non-hydrogen) atoms. The summed E-state index contributed by atoms with van der Waals surface area (Å²) in [6, 6.07) is 7.57. The summed E-state index contributed by atoms with van der Waals surface area (Å²) in [6.07, 6.45) is 0. The highest BCUT2D eigenvalue weighted by Gasteiger charge is 2.10. The van der Waals surface area contributed by atoms with Crippen molar-refractivity contribution < 1.29 is 4.92 Å². The molecule has 68 valence electrons. The quantitative estimate of drug-likeness (QED) is 0.490. The molecule has 4 heteroatoms. The third-order valence-electron chi connectivity index (χ3n) is 1.22. The van der Waals surface area contributed by atoms with Crippen LogP contribution in [0.3, 0.4) is 0 Å². The smallest absolute Gasteiger partial charge is 0.258 e. The Labute approximate surface area is 76.6 Å². The largest absolute Gasteiger partial charge is 0.287 e. The molecule has 0 radical (unpaired) electrons. The second-order valence-corrected chi connectivity index (χ2v) is 1.89. The molecule has 4 nitrogen and oxygen atoms in total. The first-order chi connectivity index (χ1) is 6.25. The van der Waals surface area contributed by atoms with Gasteiger partial charge in [-0.1, -0.05) is 26.0 Å². The maximum atomic E-state index is 10.2. The molecule has 0 saturated carbocycles. The Morgan fingerprint density at radius 1 is 1.38 bits per heavy atom. The van der Waals surface area contributed by atoms with Gasteiger partial charge in [-0.05, 0) is 6.07 Å². The van der Waals surface area contributed by atoms with Crippen molar-refractivity contribution in [2.75, 3.05) is 0 Å². The minimum Gasteiger partial charge on any atom is -0.258 e. The summed E-state index contributed by atoms with van der Waals surface area (Å²) in [5.74, 6) is 0. The molecule has 0 unspecified atom stereocenters. The number of para-hydroxylation sites is 1. The predicted octanol–water partition coefficient (Wildman–Crippen LogP) is 2.49. The number of nitro benzene ring substituents is 1. The summed E-state index contributed by atoms with van der Waals surface area (Å²) in [4.78, 5) is 9.66. The Morgan fingerprint density at radius 3 is 2.31 bits per heavy atom. The summed E-state index contributed by atoms with van der Waals surface area (Å²) in [5, 5.41) is 18.6. The number of hydrogen-bond donors (Lipinski definition) is 0. The number of nitro groups is 1. The van der Waals surface area contributed by atoms with Crippen molar-refractivity contribution in [3.8, 4) is 6.07 Å². The molecule has 0 amide bonds. The fourth-order valence-electron chi connectivity index (χ4n) is 0.727. The zero-order valence-corrected chi connectivity index (χ0v) is 7.52. The molecule has 0 heterocycles. The fraction of sp³-hybridized carbons (Fsp3) is 0.222.